The standard InChI is InChI=1S/C29H26N4O4/c1-19-17-20(2)32-28(31-19)37-26(27(35)36)29(21-11-5-3-6-12-21)23-15-9-10-16-24(23)33(25(34)18-30-29)22-13-7-4-8-14-22/h3-17,26,30H,18H2,1-2H3,(H,35,36)/t26-,29+/m1/s1. The Hall–Kier alpha value is -4.56. The number of aromatic nitrogens is 2. The number of hydrogen-bond donors (Lipinski definition) is 2. The number of carbonyl (C=O) groups excluding carboxylic acids is 1. The van der Waals surface area contributed by atoms with Gasteiger partial charge in [-0.15, -0.1) is 0 Å². The number of carbonyl (C=O) groups is 2. The maximum Gasteiger partial charge on any atom is 0.347 e. The Bertz CT molecular complexity index is 1420. The molecular formula is C29H26N4O4. The van der Waals surface area contributed by atoms with Gasteiger partial charge in [0.2, 0.25) is 12.0 Å². The summed E-state index contributed by atoms with van der Waals surface area (Å²) in [6.07, 6.45) is -1.51. The van der Waals surface area contributed by atoms with Crippen molar-refractivity contribution in [1.82, 2.24) is 15.3 Å². The van der Waals surface area contributed by atoms with Gasteiger partial charge in [-0.25, -0.2) is 14.8 Å². The molecule has 0 saturated carbocycles. The average Bonchev–Trinajstić information content (AvgIpc) is 3.02. The van der Waals surface area contributed by atoms with Crippen molar-refractivity contribution in [3.05, 3.63) is 114 Å². The van der Waals surface area contributed by atoms with Crippen LogP contribution in [-0.2, 0) is 15.1 Å². The Morgan fingerprint density at radius 3 is 2.19 bits per heavy atom. The monoisotopic (exact) mass is 494 g/mol. The Morgan fingerprint density at radius 1 is 0.946 bits per heavy atom. The molecule has 0 spiro atoms. The Labute approximate surface area is 214 Å². The van der Waals surface area contributed by atoms with Crippen LogP contribution in [0.15, 0.2) is 91.0 Å². The fraction of sp³-hybridized carbons (Fsp3) is 0.172. The first-order valence-electron chi connectivity index (χ1n) is 11.9. The van der Waals surface area contributed by atoms with E-state index in [1.54, 1.807) is 24.8 Å². The lowest BCUT2D eigenvalue weighted by molar-refractivity contribution is -0.149. The molecule has 5 rings (SSSR count). The maximum absolute atomic E-state index is 13.6. The van der Waals surface area contributed by atoms with Crippen LogP contribution in [0.1, 0.15) is 22.5 Å². The summed E-state index contributed by atoms with van der Waals surface area (Å²) in [5, 5.41) is 13.9. The van der Waals surface area contributed by atoms with Crippen LogP contribution >= 0.6 is 0 Å². The third-order valence-electron chi connectivity index (χ3n) is 6.38. The molecule has 2 atom stereocenters. The molecule has 0 unspecified atom stereocenters. The van der Waals surface area contributed by atoms with E-state index >= 15 is 0 Å². The number of nitrogens with zero attached hydrogens (tertiary/aromatic N) is 3. The third kappa shape index (κ3) is 4.43. The summed E-state index contributed by atoms with van der Waals surface area (Å²) in [7, 11) is 0. The Kier molecular flexibility index (Phi) is 6.42. The molecule has 8 heteroatoms. The van der Waals surface area contributed by atoms with Gasteiger partial charge in [-0.1, -0.05) is 66.7 Å². The molecule has 8 nitrogen and oxygen atoms in total. The molecule has 2 N–H and O–H groups in total. The third-order valence-corrected chi connectivity index (χ3v) is 6.38. The molecule has 186 valence electrons. The first-order chi connectivity index (χ1) is 17.9. The molecule has 4 aromatic rings. The van der Waals surface area contributed by atoms with E-state index in [0.29, 0.717) is 33.9 Å². The number of anilines is 2. The molecule has 1 amide bonds. The van der Waals surface area contributed by atoms with Crippen LogP contribution < -0.4 is 15.0 Å². The molecule has 1 aliphatic rings. The number of aryl methyl sites for hydroxylation is 2. The van der Waals surface area contributed by atoms with Gasteiger partial charge in [0.05, 0.1) is 12.2 Å². The summed E-state index contributed by atoms with van der Waals surface area (Å²) in [5.74, 6) is -1.46. The van der Waals surface area contributed by atoms with Gasteiger partial charge in [0.1, 0.15) is 5.54 Å². The smallest absolute Gasteiger partial charge is 0.347 e. The van der Waals surface area contributed by atoms with Crippen molar-refractivity contribution in [1.29, 1.82) is 0 Å². The number of carboxylic acid groups (broad SMARTS) is 1. The van der Waals surface area contributed by atoms with Gasteiger partial charge in [-0.2, -0.15) is 0 Å². The van der Waals surface area contributed by atoms with Gasteiger partial charge in [-0.3, -0.25) is 15.0 Å². The van der Waals surface area contributed by atoms with Crippen LogP contribution in [0.2, 0.25) is 0 Å². The molecule has 0 radical (unpaired) electrons. The van der Waals surface area contributed by atoms with Crippen molar-refractivity contribution in [2.75, 3.05) is 11.4 Å². The number of amides is 1. The first kappa shape index (κ1) is 24.1. The zero-order valence-corrected chi connectivity index (χ0v) is 20.5. The highest BCUT2D eigenvalue weighted by molar-refractivity contribution is 6.03. The molecule has 0 aliphatic carbocycles. The fourth-order valence-corrected chi connectivity index (χ4v) is 4.91. The highest BCUT2D eigenvalue weighted by atomic mass is 16.5. The number of nitrogens with one attached hydrogen (secondary N) is 1. The molecule has 1 aromatic heterocycles. The second-order valence-corrected chi connectivity index (χ2v) is 8.88. The molecule has 0 saturated heterocycles. The van der Waals surface area contributed by atoms with Crippen molar-refractivity contribution in [3.63, 3.8) is 0 Å². The van der Waals surface area contributed by atoms with Gasteiger partial charge in [-0.05, 0) is 43.7 Å². The largest absolute Gasteiger partial charge is 0.478 e. The molecule has 3 aromatic carbocycles. The normalized spacial score (nSPS) is 18.0. The van der Waals surface area contributed by atoms with Crippen LogP contribution in [0.5, 0.6) is 6.01 Å². The predicted octanol–water partition coefficient (Wildman–Crippen LogP) is 4.14. The number of hydrogen-bond acceptors (Lipinski definition) is 6. The van der Waals surface area contributed by atoms with Gasteiger partial charge in [0, 0.05) is 22.6 Å². The number of para-hydroxylation sites is 2. The highest BCUT2D eigenvalue weighted by Crippen LogP contribution is 2.43. The minimum Gasteiger partial charge on any atom is -0.478 e. The van der Waals surface area contributed by atoms with E-state index in [1.165, 1.54) is 0 Å². The summed E-state index contributed by atoms with van der Waals surface area (Å²) in [4.78, 5) is 36.8. The van der Waals surface area contributed by atoms with E-state index in [-0.39, 0.29) is 18.5 Å². The quantitative estimate of drug-likeness (QED) is 0.415. The zero-order chi connectivity index (χ0) is 26.0. The second kappa shape index (κ2) is 9.83. The molecule has 0 fully saturated rings. The van der Waals surface area contributed by atoms with E-state index in [4.69, 9.17) is 4.74 Å². The van der Waals surface area contributed by atoms with Crippen molar-refractivity contribution < 1.29 is 19.4 Å². The summed E-state index contributed by atoms with van der Waals surface area (Å²) in [5.41, 5.74) is 2.29. The summed E-state index contributed by atoms with van der Waals surface area (Å²) >= 11 is 0. The van der Waals surface area contributed by atoms with E-state index in [2.05, 4.69) is 15.3 Å². The van der Waals surface area contributed by atoms with Crippen molar-refractivity contribution in [2.45, 2.75) is 25.5 Å². The number of fused-ring (bicyclic) bond motifs is 1. The van der Waals surface area contributed by atoms with Crippen LogP contribution in [-0.4, -0.2) is 39.6 Å². The predicted molar refractivity (Wildman–Crippen MR) is 139 cm³/mol. The molecular weight excluding hydrogens is 468 g/mol. The number of ether oxygens (including phenoxy) is 1. The van der Waals surface area contributed by atoms with E-state index in [9.17, 15) is 14.7 Å². The van der Waals surface area contributed by atoms with Crippen molar-refractivity contribution in [2.24, 2.45) is 0 Å². The zero-order valence-electron chi connectivity index (χ0n) is 20.5. The minimum absolute atomic E-state index is 0.0463. The number of aliphatic carboxylic acids is 1. The van der Waals surface area contributed by atoms with Crippen LogP contribution in [0.3, 0.4) is 0 Å². The molecule has 1 aliphatic heterocycles. The van der Waals surface area contributed by atoms with E-state index in [1.807, 2.05) is 84.9 Å². The number of carboxylic acids is 1. The summed E-state index contributed by atoms with van der Waals surface area (Å²) < 4.78 is 6.11. The van der Waals surface area contributed by atoms with E-state index in [0.717, 1.165) is 0 Å². The lowest BCUT2D eigenvalue weighted by atomic mass is 9.77. The summed E-state index contributed by atoms with van der Waals surface area (Å²) in [6.45, 7) is 3.44. The van der Waals surface area contributed by atoms with Crippen LogP contribution in [0.4, 0.5) is 11.4 Å². The Morgan fingerprint density at radius 2 is 1.54 bits per heavy atom. The molecule has 0 bridgehead atoms. The molecule has 37 heavy (non-hydrogen) atoms. The van der Waals surface area contributed by atoms with Crippen molar-refractivity contribution in [3.8, 4) is 6.01 Å². The van der Waals surface area contributed by atoms with Crippen LogP contribution in [0, 0.1) is 13.8 Å². The van der Waals surface area contributed by atoms with Gasteiger partial charge < -0.3 is 9.84 Å². The average molecular weight is 495 g/mol. The molecule has 2 heterocycles. The SMILES string of the molecule is Cc1cc(C)nc(O[C@H](C(=O)O)[C@@]2(c3ccccc3)NCC(=O)N(c3ccccc3)c3ccccc32)n1. The fourth-order valence-electron chi connectivity index (χ4n) is 4.91. The number of rotatable bonds is 6. The van der Waals surface area contributed by atoms with Crippen molar-refractivity contribution >= 4 is 23.3 Å². The van der Waals surface area contributed by atoms with Crippen LogP contribution in [0.25, 0.3) is 0 Å². The second-order valence-electron chi connectivity index (χ2n) is 8.88. The lowest BCUT2D eigenvalue weighted by Crippen LogP contribution is -2.58. The minimum atomic E-state index is -1.51. The summed E-state index contributed by atoms with van der Waals surface area (Å²) in [6, 6.07) is 27.5. The van der Waals surface area contributed by atoms with Gasteiger partial charge in [0.15, 0.2) is 0 Å². The Balaban J connectivity index is 1.78. The maximum atomic E-state index is 13.6. The number of benzene rings is 3. The first-order valence-corrected chi connectivity index (χ1v) is 11.9. The van der Waals surface area contributed by atoms with E-state index < -0.39 is 17.6 Å². The van der Waals surface area contributed by atoms with Gasteiger partial charge in [0.25, 0.3) is 0 Å². The van der Waals surface area contributed by atoms with Gasteiger partial charge >= 0.3 is 12.0 Å². The highest BCUT2D eigenvalue weighted by Gasteiger charge is 2.52. The topological polar surface area (TPSA) is 105 Å². The lowest BCUT2D eigenvalue weighted by Gasteiger charge is -2.39.